The Balaban J connectivity index is 1.90. The molecule has 0 bridgehead atoms. The fraction of sp³-hybridized carbons (Fsp3) is 1.00. The third-order valence-electron chi connectivity index (χ3n) is 4.28. The molecule has 3 nitrogen and oxygen atoms in total. The van der Waals surface area contributed by atoms with Crippen LogP contribution in [0.25, 0.3) is 0 Å². The summed E-state index contributed by atoms with van der Waals surface area (Å²) in [4.78, 5) is 5.27. The number of hydrogen-bond donors (Lipinski definition) is 0. The Morgan fingerprint density at radius 2 is 2.00 bits per heavy atom. The van der Waals surface area contributed by atoms with Gasteiger partial charge in [0.15, 0.2) is 0 Å². The molecule has 0 unspecified atom stereocenters. The van der Waals surface area contributed by atoms with Crippen LogP contribution in [0, 0.1) is 0 Å². The normalized spacial score (nSPS) is 26.2. The summed E-state index contributed by atoms with van der Waals surface area (Å²) in [7, 11) is 1.80. The van der Waals surface area contributed by atoms with Gasteiger partial charge in [-0.2, -0.15) is 0 Å². The third kappa shape index (κ3) is 2.27. The van der Waals surface area contributed by atoms with Crippen molar-refractivity contribution in [1.29, 1.82) is 0 Å². The van der Waals surface area contributed by atoms with Gasteiger partial charge in [-0.3, -0.25) is 9.80 Å². The number of ether oxygens (including phenoxy) is 1. The summed E-state index contributed by atoms with van der Waals surface area (Å²) in [6.45, 7) is 10.4. The Hall–Kier alpha value is -0.120. The number of methoxy groups -OCH3 is 1. The molecular formula is C13H26N2O. The Labute approximate surface area is 99.7 Å². The molecule has 16 heavy (non-hydrogen) atoms. The molecular weight excluding hydrogens is 200 g/mol. The largest absolute Gasteiger partial charge is 0.383 e. The minimum Gasteiger partial charge on any atom is -0.383 e. The highest BCUT2D eigenvalue weighted by molar-refractivity contribution is 5.06. The van der Waals surface area contributed by atoms with E-state index in [0.717, 1.165) is 13.2 Å². The highest BCUT2D eigenvalue weighted by Gasteiger charge is 2.48. The van der Waals surface area contributed by atoms with Crippen LogP contribution in [-0.4, -0.2) is 61.3 Å². The highest BCUT2D eigenvalue weighted by Crippen LogP contribution is 2.37. The van der Waals surface area contributed by atoms with Gasteiger partial charge in [0.25, 0.3) is 0 Å². The molecule has 0 aromatic carbocycles. The smallest absolute Gasteiger partial charge is 0.0589 e. The maximum absolute atomic E-state index is 5.23. The molecule has 2 saturated heterocycles. The van der Waals surface area contributed by atoms with Crippen molar-refractivity contribution in [3.05, 3.63) is 0 Å². The van der Waals surface area contributed by atoms with Crippen LogP contribution in [0.5, 0.6) is 0 Å². The van der Waals surface area contributed by atoms with Crippen LogP contribution >= 0.6 is 0 Å². The Bertz CT molecular complexity index is 224. The van der Waals surface area contributed by atoms with Gasteiger partial charge >= 0.3 is 0 Å². The van der Waals surface area contributed by atoms with Crippen molar-refractivity contribution >= 4 is 0 Å². The van der Waals surface area contributed by atoms with Gasteiger partial charge in [-0.25, -0.2) is 0 Å². The summed E-state index contributed by atoms with van der Waals surface area (Å²) in [5.74, 6) is 0. The van der Waals surface area contributed by atoms with Crippen molar-refractivity contribution in [2.45, 2.75) is 44.7 Å². The number of rotatable bonds is 4. The first-order valence-electron chi connectivity index (χ1n) is 6.66. The molecule has 0 atom stereocenters. The van der Waals surface area contributed by atoms with Gasteiger partial charge in [-0.05, 0) is 33.2 Å². The SMILES string of the molecule is COCCN1CCCCC12CN(C(C)C)C2. The van der Waals surface area contributed by atoms with E-state index < -0.39 is 0 Å². The fourth-order valence-corrected chi connectivity index (χ4v) is 3.14. The molecule has 1 spiro atoms. The topological polar surface area (TPSA) is 15.7 Å². The monoisotopic (exact) mass is 226 g/mol. The predicted octanol–water partition coefficient (Wildman–Crippen LogP) is 1.58. The number of hydrogen-bond acceptors (Lipinski definition) is 3. The van der Waals surface area contributed by atoms with Crippen molar-refractivity contribution in [2.75, 3.05) is 39.9 Å². The predicted molar refractivity (Wildman–Crippen MR) is 66.7 cm³/mol. The zero-order valence-corrected chi connectivity index (χ0v) is 11.0. The molecule has 2 fully saturated rings. The molecule has 0 aromatic rings. The average molecular weight is 226 g/mol. The molecule has 2 rings (SSSR count). The Morgan fingerprint density at radius 1 is 1.25 bits per heavy atom. The number of nitrogens with zero attached hydrogens (tertiary/aromatic N) is 2. The van der Waals surface area contributed by atoms with Crippen molar-refractivity contribution in [3.63, 3.8) is 0 Å². The van der Waals surface area contributed by atoms with Crippen LogP contribution in [0.1, 0.15) is 33.1 Å². The van der Waals surface area contributed by atoms with Crippen LogP contribution in [0.2, 0.25) is 0 Å². The van der Waals surface area contributed by atoms with Crippen LogP contribution in [0.3, 0.4) is 0 Å². The summed E-state index contributed by atoms with van der Waals surface area (Å²) in [5, 5.41) is 0. The van der Waals surface area contributed by atoms with E-state index in [1.165, 1.54) is 38.9 Å². The zero-order chi connectivity index (χ0) is 11.6. The van der Waals surface area contributed by atoms with Crippen LogP contribution in [0.15, 0.2) is 0 Å². The van der Waals surface area contributed by atoms with Crippen molar-refractivity contribution in [2.24, 2.45) is 0 Å². The zero-order valence-electron chi connectivity index (χ0n) is 11.0. The lowest BCUT2D eigenvalue weighted by atomic mass is 9.79. The Morgan fingerprint density at radius 3 is 2.62 bits per heavy atom. The lowest BCUT2D eigenvalue weighted by molar-refractivity contribution is -0.0952. The van der Waals surface area contributed by atoms with E-state index in [1.54, 1.807) is 7.11 Å². The van der Waals surface area contributed by atoms with Gasteiger partial charge in [-0.15, -0.1) is 0 Å². The summed E-state index contributed by atoms with van der Waals surface area (Å²) >= 11 is 0. The van der Waals surface area contributed by atoms with E-state index in [2.05, 4.69) is 23.6 Å². The van der Waals surface area contributed by atoms with E-state index >= 15 is 0 Å². The molecule has 0 saturated carbocycles. The quantitative estimate of drug-likeness (QED) is 0.724. The molecule has 0 radical (unpaired) electrons. The van der Waals surface area contributed by atoms with Gasteiger partial charge in [-0.1, -0.05) is 6.42 Å². The van der Waals surface area contributed by atoms with Crippen LogP contribution in [0.4, 0.5) is 0 Å². The van der Waals surface area contributed by atoms with Gasteiger partial charge in [0.05, 0.1) is 6.61 Å². The highest BCUT2D eigenvalue weighted by atomic mass is 16.5. The Kier molecular flexibility index (Phi) is 3.88. The minimum absolute atomic E-state index is 0.501. The molecule has 0 amide bonds. The van der Waals surface area contributed by atoms with E-state index in [9.17, 15) is 0 Å². The minimum atomic E-state index is 0.501. The number of likely N-dealkylation sites (tertiary alicyclic amines) is 2. The van der Waals surface area contributed by atoms with E-state index in [-0.39, 0.29) is 0 Å². The summed E-state index contributed by atoms with van der Waals surface area (Å²) in [6, 6.07) is 0.705. The van der Waals surface area contributed by atoms with E-state index in [0.29, 0.717) is 11.6 Å². The first-order chi connectivity index (χ1) is 7.68. The molecule has 2 aliphatic rings. The second-order valence-electron chi connectivity index (χ2n) is 5.66. The van der Waals surface area contributed by atoms with Gasteiger partial charge in [0.1, 0.15) is 0 Å². The second kappa shape index (κ2) is 5.03. The molecule has 94 valence electrons. The van der Waals surface area contributed by atoms with Crippen LogP contribution in [-0.2, 0) is 4.74 Å². The van der Waals surface area contributed by atoms with Gasteiger partial charge in [0.2, 0.25) is 0 Å². The summed E-state index contributed by atoms with van der Waals surface area (Å²) in [6.07, 6.45) is 4.17. The van der Waals surface area contributed by atoms with Crippen molar-refractivity contribution in [1.82, 2.24) is 9.80 Å². The third-order valence-corrected chi connectivity index (χ3v) is 4.28. The molecule has 2 heterocycles. The molecule has 0 aromatic heterocycles. The lowest BCUT2D eigenvalue weighted by Gasteiger charge is -2.59. The molecule has 3 heteroatoms. The molecule has 0 N–H and O–H groups in total. The first-order valence-corrected chi connectivity index (χ1v) is 6.66. The van der Waals surface area contributed by atoms with Crippen molar-refractivity contribution < 1.29 is 4.74 Å². The number of piperidine rings is 1. The van der Waals surface area contributed by atoms with Gasteiger partial charge < -0.3 is 4.74 Å². The fourth-order valence-electron chi connectivity index (χ4n) is 3.14. The molecule has 0 aliphatic carbocycles. The maximum atomic E-state index is 5.23. The average Bonchev–Trinajstić information content (AvgIpc) is 2.23. The maximum Gasteiger partial charge on any atom is 0.0589 e. The van der Waals surface area contributed by atoms with Crippen LogP contribution < -0.4 is 0 Å². The summed E-state index contributed by atoms with van der Waals surface area (Å²) < 4.78 is 5.23. The lowest BCUT2D eigenvalue weighted by Crippen LogP contribution is -2.72. The van der Waals surface area contributed by atoms with Gasteiger partial charge in [0, 0.05) is 38.3 Å². The molecule has 2 aliphatic heterocycles. The first kappa shape index (κ1) is 12.3. The van der Waals surface area contributed by atoms with E-state index in [4.69, 9.17) is 4.74 Å². The standard InChI is InChI=1S/C13H26N2O/c1-12(2)14-10-13(11-14)6-4-5-7-15(13)8-9-16-3/h12H,4-11H2,1-3H3. The second-order valence-corrected chi connectivity index (χ2v) is 5.66. The van der Waals surface area contributed by atoms with Crippen molar-refractivity contribution in [3.8, 4) is 0 Å². The summed E-state index contributed by atoms with van der Waals surface area (Å²) in [5.41, 5.74) is 0.501. The van der Waals surface area contributed by atoms with E-state index in [1.807, 2.05) is 0 Å².